The Morgan fingerprint density at radius 2 is 1.97 bits per heavy atom. The van der Waals surface area contributed by atoms with E-state index in [1.165, 1.54) is 49.7 Å². The van der Waals surface area contributed by atoms with Crippen LogP contribution in [0.2, 0.25) is 0 Å². The monoisotopic (exact) mass is 501 g/mol. The maximum atomic E-state index is 10.6. The smallest absolute Gasteiger partial charge is 0.0576 e. The number of hydrogen-bond donors (Lipinski definition) is 2. The molecule has 37 heavy (non-hydrogen) atoms. The molecule has 10 unspecified atom stereocenters. The molecule has 0 aromatic rings. The van der Waals surface area contributed by atoms with Crippen LogP contribution in [0.25, 0.3) is 0 Å². The Labute approximate surface area is 223 Å². The van der Waals surface area contributed by atoms with Gasteiger partial charge in [-0.1, -0.05) is 62.8 Å². The van der Waals surface area contributed by atoms with Crippen LogP contribution in [0.1, 0.15) is 72.1 Å². The molecule has 1 aliphatic heterocycles. The highest BCUT2D eigenvalue weighted by molar-refractivity contribution is 5.80. The Bertz CT molecular complexity index is 1130. The fourth-order valence-electron chi connectivity index (χ4n) is 12.1. The third-order valence-corrected chi connectivity index (χ3v) is 13.3. The van der Waals surface area contributed by atoms with E-state index in [0.717, 1.165) is 19.4 Å². The summed E-state index contributed by atoms with van der Waals surface area (Å²) >= 11 is 0. The number of nitrogens with zero attached hydrogens (tertiary/aromatic N) is 1. The summed E-state index contributed by atoms with van der Waals surface area (Å²) in [4.78, 5) is 4.37. The van der Waals surface area contributed by atoms with E-state index in [1.807, 2.05) is 6.21 Å². The number of aliphatic hydroxyl groups is 2. The van der Waals surface area contributed by atoms with Gasteiger partial charge in [0.15, 0.2) is 0 Å². The predicted molar refractivity (Wildman–Crippen MR) is 150 cm³/mol. The van der Waals surface area contributed by atoms with Crippen molar-refractivity contribution in [2.75, 3.05) is 19.8 Å². The lowest BCUT2D eigenvalue weighted by atomic mass is 9.37. The lowest BCUT2D eigenvalue weighted by Crippen LogP contribution is -2.60. The van der Waals surface area contributed by atoms with E-state index in [9.17, 15) is 10.2 Å². The van der Waals surface area contributed by atoms with Crippen LogP contribution in [-0.2, 0) is 0 Å². The van der Waals surface area contributed by atoms with E-state index in [-0.39, 0.29) is 28.3 Å². The van der Waals surface area contributed by atoms with E-state index in [4.69, 9.17) is 6.58 Å². The first kappa shape index (κ1) is 24.6. The molecule has 1 heterocycles. The Morgan fingerprint density at radius 1 is 1.14 bits per heavy atom. The van der Waals surface area contributed by atoms with Crippen LogP contribution >= 0.6 is 0 Å². The molecule has 10 atom stereocenters. The molecule has 7 rings (SSSR count). The number of hydrogen-bond acceptors (Lipinski definition) is 3. The van der Waals surface area contributed by atoms with Crippen LogP contribution in [0.15, 0.2) is 52.6 Å². The van der Waals surface area contributed by atoms with Crippen LogP contribution in [0.3, 0.4) is 0 Å². The van der Waals surface area contributed by atoms with Gasteiger partial charge < -0.3 is 10.2 Å². The van der Waals surface area contributed by atoms with E-state index in [0.29, 0.717) is 48.0 Å². The van der Waals surface area contributed by atoms with Gasteiger partial charge in [0.25, 0.3) is 0 Å². The second-order valence-corrected chi connectivity index (χ2v) is 14.9. The SMILES string of the molecule is C=C1C=C2C3(CCC(CC(CO)CC4=CCN=C4)C3)CC3C(CO)CCC4C=CC5(C1C5(C)C)C2(C)C43. The summed E-state index contributed by atoms with van der Waals surface area (Å²) < 4.78 is 0. The summed E-state index contributed by atoms with van der Waals surface area (Å²) in [6, 6.07) is 0. The number of fused-ring (bicyclic) bond motifs is 1. The molecule has 4 saturated carbocycles. The molecule has 0 bridgehead atoms. The van der Waals surface area contributed by atoms with E-state index in [1.54, 1.807) is 5.57 Å². The lowest BCUT2D eigenvalue weighted by molar-refractivity contribution is -0.0966. The third-order valence-electron chi connectivity index (χ3n) is 13.3. The van der Waals surface area contributed by atoms with Crippen LogP contribution in [0, 0.1) is 63.1 Å². The van der Waals surface area contributed by atoms with E-state index in [2.05, 4.69) is 50.1 Å². The van der Waals surface area contributed by atoms with Crippen molar-refractivity contribution in [3.05, 3.63) is 47.6 Å². The minimum atomic E-state index is 0.162. The van der Waals surface area contributed by atoms with Crippen molar-refractivity contribution < 1.29 is 10.2 Å². The van der Waals surface area contributed by atoms with Crippen molar-refractivity contribution >= 4 is 6.21 Å². The van der Waals surface area contributed by atoms with Crippen molar-refractivity contribution in [2.45, 2.75) is 72.1 Å². The van der Waals surface area contributed by atoms with Gasteiger partial charge in [-0.2, -0.15) is 0 Å². The number of rotatable bonds is 6. The molecule has 2 spiro atoms. The molecule has 3 heteroatoms. The van der Waals surface area contributed by atoms with Gasteiger partial charge in [0.2, 0.25) is 0 Å². The summed E-state index contributed by atoms with van der Waals surface area (Å²) in [7, 11) is 0. The van der Waals surface area contributed by atoms with Gasteiger partial charge in [-0.25, -0.2) is 0 Å². The fraction of sp³-hybridized carbons (Fsp3) is 0.735. The molecule has 0 saturated heterocycles. The Kier molecular flexibility index (Phi) is 5.34. The summed E-state index contributed by atoms with van der Waals surface area (Å²) in [6.45, 7) is 13.8. The van der Waals surface area contributed by atoms with Crippen molar-refractivity contribution in [1.82, 2.24) is 0 Å². The first-order valence-electron chi connectivity index (χ1n) is 15.2. The predicted octanol–water partition coefficient (Wildman–Crippen LogP) is 6.54. The maximum absolute atomic E-state index is 10.6. The van der Waals surface area contributed by atoms with Gasteiger partial charge in [0.05, 0.1) is 6.54 Å². The average Bonchev–Trinajstić information content (AvgIpc) is 3.27. The van der Waals surface area contributed by atoms with E-state index >= 15 is 0 Å². The van der Waals surface area contributed by atoms with Crippen molar-refractivity contribution in [3.63, 3.8) is 0 Å². The minimum Gasteiger partial charge on any atom is -0.396 e. The molecule has 0 aromatic heterocycles. The summed E-state index contributed by atoms with van der Waals surface area (Å²) in [5.41, 5.74) is 5.24. The standard InChI is InChI=1S/C34H47NO2/c1-21-13-28-32(4)29-25(8-11-34(32)30(21)31(34,2)3)5-6-26(20-37)27(29)17-33(28)10-7-22(16-33)14-24(19-36)15-23-9-12-35-18-23/h8-9,11,13,18,22,24-27,29-30,36-37H,1,5-7,10,12,14-17,19-20H2,2-4H3. The molecular formula is C34H47NO2. The highest BCUT2D eigenvalue weighted by Crippen LogP contribution is 2.89. The van der Waals surface area contributed by atoms with Crippen molar-refractivity contribution in [3.8, 4) is 0 Å². The van der Waals surface area contributed by atoms with Gasteiger partial charge in [-0.3, -0.25) is 4.99 Å². The number of allylic oxidation sites excluding steroid dienone is 6. The van der Waals surface area contributed by atoms with Crippen molar-refractivity contribution in [1.29, 1.82) is 0 Å². The van der Waals surface area contributed by atoms with Gasteiger partial charge in [0.1, 0.15) is 0 Å². The minimum absolute atomic E-state index is 0.162. The molecule has 0 radical (unpaired) electrons. The average molecular weight is 502 g/mol. The Hall–Kier alpha value is -1.45. The van der Waals surface area contributed by atoms with Crippen LogP contribution in [-0.4, -0.2) is 36.2 Å². The normalized spacial score (nSPS) is 48.9. The van der Waals surface area contributed by atoms with Crippen LogP contribution in [0.5, 0.6) is 0 Å². The lowest BCUT2D eigenvalue weighted by Gasteiger charge is -2.66. The maximum Gasteiger partial charge on any atom is 0.0576 e. The zero-order valence-electron chi connectivity index (χ0n) is 23.3. The van der Waals surface area contributed by atoms with Gasteiger partial charge in [-0.15, -0.1) is 0 Å². The molecule has 0 amide bonds. The zero-order valence-corrected chi connectivity index (χ0v) is 23.3. The molecule has 4 fully saturated rings. The fourth-order valence-corrected chi connectivity index (χ4v) is 12.1. The molecule has 3 nitrogen and oxygen atoms in total. The second kappa shape index (κ2) is 8.04. The number of aliphatic hydroxyl groups excluding tert-OH is 2. The summed E-state index contributed by atoms with van der Waals surface area (Å²) in [6.07, 6.45) is 21.7. The highest BCUT2D eigenvalue weighted by atomic mass is 16.3. The van der Waals surface area contributed by atoms with Gasteiger partial charge in [-0.05, 0) is 109 Å². The summed E-state index contributed by atoms with van der Waals surface area (Å²) in [5.74, 6) is 3.91. The first-order chi connectivity index (χ1) is 17.7. The van der Waals surface area contributed by atoms with Gasteiger partial charge >= 0.3 is 0 Å². The molecule has 7 aliphatic rings. The van der Waals surface area contributed by atoms with E-state index < -0.39 is 0 Å². The molecule has 2 N–H and O–H groups in total. The molecular weight excluding hydrogens is 454 g/mol. The molecule has 200 valence electrons. The topological polar surface area (TPSA) is 52.8 Å². The third kappa shape index (κ3) is 3.00. The van der Waals surface area contributed by atoms with Crippen LogP contribution < -0.4 is 0 Å². The largest absolute Gasteiger partial charge is 0.396 e. The van der Waals surface area contributed by atoms with Gasteiger partial charge in [0, 0.05) is 30.3 Å². The first-order valence-corrected chi connectivity index (χ1v) is 15.2. The highest BCUT2D eigenvalue weighted by Gasteiger charge is 2.83. The Balaban J connectivity index is 1.26. The number of aliphatic imine (C=N–C) groups is 1. The molecule has 0 aromatic carbocycles. The quantitative estimate of drug-likeness (QED) is 0.406. The molecule has 6 aliphatic carbocycles. The zero-order chi connectivity index (χ0) is 25.8. The van der Waals surface area contributed by atoms with Crippen molar-refractivity contribution in [2.24, 2.45) is 68.1 Å². The summed E-state index contributed by atoms with van der Waals surface area (Å²) in [5, 5.41) is 20.8. The second-order valence-electron chi connectivity index (χ2n) is 14.9. The van der Waals surface area contributed by atoms with Crippen LogP contribution in [0.4, 0.5) is 0 Å². The Morgan fingerprint density at radius 3 is 2.70 bits per heavy atom.